The minimum absolute atomic E-state index is 0.129. The molecule has 0 radical (unpaired) electrons. The lowest BCUT2D eigenvalue weighted by Gasteiger charge is -2.04. The number of aromatic amines is 1. The molecule has 0 spiro atoms. The molecule has 7 nitrogen and oxygen atoms in total. The Bertz CT molecular complexity index is 1120. The van der Waals surface area contributed by atoms with Gasteiger partial charge < -0.3 is 10.3 Å². The fraction of sp³-hybridized carbons (Fsp3) is 0.0625. The van der Waals surface area contributed by atoms with Crippen molar-refractivity contribution < 1.29 is 4.39 Å². The number of benzene rings is 1. The fourth-order valence-electron chi connectivity index (χ4n) is 2.65. The fourth-order valence-corrected chi connectivity index (χ4v) is 2.90. The minimum atomic E-state index is -0.521. The Morgan fingerprint density at radius 1 is 1.36 bits per heavy atom. The van der Waals surface area contributed by atoms with Crippen LogP contribution in [0.4, 0.5) is 15.9 Å². The van der Waals surface area contributed by atoms with E-state index in [1.807, 2.05) is 0 Å². The highest BCUT2D eigenvalue weighted by Gasteiger charge is 2.20. The smallest absolute Gasteiger partial charge is 0.276 e. The number of aryl methyl sites for hydroxylation is 1. The van der Waals surface area contributed by atoms with Gasteiger partial charge in [-0.2, -0.15) is 5.10 Å². The summed E-state index contributed by atoms with van der Waals surface area (Å²) in [4.78, 5) is 19.3. The second-order valence-corrected chi connectivity index (χ2v) is 5.82. The number of imidazole rings is 1. The normalized spacial score (nSPS) is 11.2. The van der Waals surface area contributed by atoms with Crippen molar-refractivity contribution in [3.8, 4) is 11.4 Å². The first kappa shape index (κ1) is 15.4. The molecule has 9 heteroatoms. The van der Waals surface area contributed by atoms with E-state index < -0.39 is 5.82 Å². The highest BCUT2D eigenvalue weighted by Crippen LogP contribution is 2.32. The van der Waals surface area contributed by atoms with Gasteiger partial charge in [-0.15, -0.1) is 0 Å². The maximum atomic E-state index is 14.3. The minimum Gasteiger partial charge on any atom is -0.336 e. The second kappa shape index (κ2) is 5.75. The van der Waals surface area contributed by atoms with Crippen molar-refractivity contribution in [2.45, 2.75) is 0 Å². The van der Waals surface area contributed by atoms with Crippen LogP contribution in [-0.2, 0) is 7.05 Å². The maximum absolute atomic E-state index is 14.3. The molecule has 4 rings (SSSR count). The van der Waals surface area contributed by atoms with Gasteiger partial charge in [-0.25, -0.2) is 9.37 Å². The number of aromatic nitrogens is 5. The number of H-pyrrole nitrogens is 1. The van der Waals surface area contributed by atoms with Crippen LogP contribution in [0.15, 0.2) is 47.8 Å². The summed E-state index contributed by atoms with van der Waals surface area (Å²) < 4.78 is 17.5. The van der Waals surface area contributed by atoms with E-state index >= 15 is 0 Å². The molecule has 4 aromatic rings. The van der Waals surface area contributed by atoms with Crippen LogP contribution in [-0.4, -0.2) is 24.1 Å². The number of nitrogens with one attached hydrogen (secondary N) is 2. The number of anilines is 2. The highest BCUT2D eigenvalue weighted by atomic mass is 35.5. The molecule has 1 aromatic carbocycles. The molecule has 3 heterocycles. The Kier molecular flexibility index (Phi) is 3.54. The number of nitrogens with zero attached hydrogens (tertiary/aromatic N) is 4. The Hall–Kier alpha value is -3.13. The molecule has 0 saturated carbocycles. The van der Waals surface area contributed by atoms with Crippen molar-refractivity contribution in [1.29, 1.82) is 0 Å². The molecular weight excluding hydrogens is 347 g/mol. The lowest BCUT2D eigenvalue weighted by Crippen LogP contribution is -2.09. The largest absolute Gasteiger partial charge is 0.336 e. The standard InChI is InChI=1S/C16H12ClFN6O/c1-23-8-9(7-20-23)21-14-13-16(25)19-5-6-24(13)15(22-14)12-10(17)3-2-4-11(12)18/h2-8,21H,1H3,(H,19,25). The van der Waals surface area contributed by atoms with Crippen molar-refractivity contribution in [2.75, 3.05) is 5.32 Å². The summed E-state index contributed by atoms with van der Waals surface area (Å²) in [7, 11) is 1.77. The molecule has 0 fully saturated rings. The molecule has 3 aromatic heterocycles. The van der Waals surface area contributed by atoms with Gasteiger partial charge in [0.25, 0.3) is 5.56 Å². The molecule has 2 N–H and O–H groups in total. The van der Waals surface area contributed by atoms with Gasteiger partial charge in [0, 0.05) is 25.6 Å². The second-order valence-electron chi connectivity index (χ2n) is 5.42. The Morgan fingerprint density at radius 3 is 2.92 bits per heavy atom. The Labute approximate surface area is 145 Å². The molecule has 0 bridgehead atoms. The summed E-state index contributed by atoms with van der Waals surface area (Å²) in [6, 6.07) is 4.38. The molecule has 0 aliphatic carbocycles. The molecular formula is C16H12ClFN6O. The van der Waals surface area contributed by atoms with Gasteiger partial charge in [0.1, 0.15) is 5.82 Å². The predicted octanol–water partition coefficient (Wildman–Crippen LogP) is 2.96. The van der Waals surface area contributed by atoms with Crippen molar-refractivity contribution in [2.24, 2.45) is 7.05 Å². The zero-order valence-electron chi connectivity index (χ0n) is 13.0. The first-order valence-electron chi connectivity index (χ1n) is 7.34. The van der Waals surface area contributed by atoms with Gasteiger partial charge in [-0.1, -0.05) is 17.7 Å². The summed E-state index contributed by atoms with van der Waals surface area (Å²) in [6.45, 7) is 0. The van der Waals surface area contributed by atoms with Gasteiger partial charge in [0.15, 0.2) is 17.2 Å². The lowest BCUT2D eigenvalue weighted by atomic mass is 10.2. The topological polar surface area (TPSA) is 80.0 Å². The molecule has 0 aliphatic heterocycles. The molecule has 0 saturated heterocycles. The van der Waals surface area contributed by atoms with Crippen molar-refractivity contribution in [1.82, 2.24) is 24.1 Å². The number of hydrogen-bond acceptors (Lipinski definition) is 4. The Balaban J connectivity index is 1.98. The van der Waals surface area contributed by atoms with E-state index in [2.05, 4.69) is 20.4 Å². The molecule has 0 atom stereocenters. The van der Waals surface area contributed by atoms with E-state index in [4.69, 9.17) is 11.6 Å². The quantitative estimate of drug-likeness (QED) is 0.590. The first-order valence-corrected chi connectivity index (χ1v) is 7.72. The number of fused-ring (bicyclic) bond motifs is 1. The zero-order chi connectivity index (χ0) is 17.6. The number of halogens is 2. The predicted molar refractivity (Wildman–Crippen MR) is 92.7 cm³/mol. The van der Waals surface area contributed by atoms with Gasteiger partial charge in [-0.3, -0.25) is 13.9 Å². The summed E-state index contributed by atoms with van der Waals surface area (Å²) >= 11 is 6.16. The van der Waals surface area contributed by atoms with Gasteiger partial charge in [0.2, 0.25) is 0 Å². The van der Waals surface area contributed by atoms with Crippen LogP contribution in [0.2, 0.25) is 5.02 Å². The SMILES string of the molecule is Cn1cc(Nc2nc(-c3c(F)cccc3Cl)n3cc[nH]c(=O)c23)cn1. The third-order valence-electron chi connectivity index (χ3n) is 3.72. The summed E-state index contributed by atoms with van der Waals surface area (Å²) in [5.74, 6) is -0.00707. The van der Waals surface area contributed by atoms with Crippen molar-refractivity contribution in [3.05, 3.63) is 64.2 Å². The van der Waals surface area contributed by atoms with Crippen LogP contribution >= 0.6 is 11.6 Å². The highest BCUT2D eigenvalue weighted by molar-refractivity contribution is 6.33. The number of rotatable bonds is 3. The summed E-state index contributed by atoms with van der Waals surface area (Å²) in [5.41, 5.74) is 0.668. The third kappa shape index (κ3) is 2.56. The Morgan fingerprint density at radius 2 is 2.20 bits per heavy atom. The monoisotopic (exact) mass is 358 g/mol. The van der Waals surface area contributed by atoms with Crippen LogP contribution in [0.3, 0.4) is 0 Å². The number of hydrogen-bond donors (Lipinski definition) is 2. The van der Waals surface area contributed by atoms with Gasteiger partial charge in [0.05, 0.1) is 22.5 Å². The van der Waals surface area contributed by atoms with Gasteiger partial charge in [-0.05, 0) is 12.1 Å². The molecule has 0 aliphatic rings. The van der Waals surface area contributed by atoms with Crippen molar-refractivity contribution in [3.63, 3.8) is 0 Å². The van der Waals surface area contributed by atoms with E-state index in [1.54, 1.807) is 36.4 Å². The van der Waals surface area contributed by atoms with Crippen LogP contribution in [0.5, 0.6) is 0 Å². The average molecular weight is 359 g/mol. The van der Waals surface area contributed by atoms with Crippen LogP contribution in [0.1, 0.15) is 0 Å². The summed E-state index contributed by atoms with van der Waals surface area (Å²) in [5, 5.41) is 7.31. The third-order valence-corrected chi connectivity index (χ3v) is 4.03. The molecule has 0 unspecified atom stereocenters. The van der Waals surface area contributed by atoms with Crippen LogP contribution < -0.4 is 10.9 Å². The average Bonchev–Trinajstić information content (AvgIpc) is 3.13. The maximum Gasteiger partial charge on any atom is 0.276 e. The van der Waals surface area contributed by atoms with Gasteiger partial charge >= 0.3 is 0 Å². The molecule has 25 heavy (non-hydrogen) atoms. The van der Waals surface area contributed by atoms with Crippen molar-refractivity contribution >= 4 is 28.6 Å². The van der Waals surface area contributed by atoms with Crippen LogP contribution in [0.25, 0.3) is 16.9 Å². The molecule has 0 amide bonds. The lowest BCUT2D eigenvalue weighted by molar-refractivity contribution is 0.630. The van der Waals surface area contributed by atoms with E-state index in [0.29, 0.717) is 5.69 Å². The first-order chi connectivity index (χ1) is 12.0. The van der Waals surface area contributed by atoms with E-state index in [0.717, 1.165) is 0 Å². The van der Waals surface area contributed by atoms with Crippen LogP contribution in [0, 0.1) is 5.82 Å². The van der Waals surface area contributed by atoms with E-state index in [1.165, 1.54) is 22.7 Å². The molecule has 126 valence electrons. The summed E-state index contributed by atoms with van der Waals surface area (Å²) in [6.07, 6.45) is 6.38. The van der Waals surface area contributed by atoms with E-state index in [-0.39, 0.29) is 33.3 Å². The zero-order valence-corrected chi connectivity index (χ0v) is 13.8. The van der Waals surface area contributed by atoms with E-state index in [9.17, 15) is 9.18 Å².